The number of hydrogen-bond acceptors (Lipinski definition) is 12. The molecule has 4 aromatic rings. The average Bonchev–Trinajstić information content (AvgIpc) is 3.68. The second-order valence-corrected chi connectivity index (χ2v) is 19.5. The van der Waals surface area contributed by atoms with Gasteiger partial charge in [0.15, 0.2) is 11.6 Å². The number of benzene rings is 3. The Labute approximate surface area is 369 Å². The molecule has 4 saturated heterocycles. The van der Waals surface area contributed by atoms with Gasteiger partial charge in [0.2, 0.25) is 5.91 Å². The van der Waals surface area contributed by atoms with E-state index in [1.807, 2.05) is 18.2 Å². The number of amides is 1. The molecule has 4 aliphatic heterocycles. The number of nitriles is 1. The number of amidine groups is 1. The molecule has 5 fully saturated rings. The lowest BCUT2D eigenvalue weighted by Gasteiger charge is -2.52. The quantitative estimate of drug-likeness (QED) is 0.146. The maximum Gasteiger partial charge on any atom is 0.301 e. The average molecular weight is 900 g/mol. The van der Waals surface area contributed by atoms with Crippen LogP contribution >= 0.6 is 0 Å². The van der Waals surface area contributed by atoms with E-state index in [2.05, 4.69) is 25.2 Å². The lowest BCUT2D eigenvalue weighted by atomic mass is 9.67. The van der Waals surface area contributed by atoms with Crippen LogP contribution in [0, 0.1) is 40.2 Å². The molecule has 3 unspecified atom stereocenters. The molecule has 4 N–H and O–H groups in total. The Morgan fingerprint density at radius 3 is 2.53 bits per heavy atom. The Balaban J connectivity index is 0.846. The fraction of sp³-hybridized carbons (Fsp3) is 0.489. The van der Waals surface area contributed by atoms with Crippen LogP contribution in [0.1, 0.15) is 75.0 Å². The van der Waals surface area contributed by atoms with Gasteiger partial charge in [0.1, 0.15) is 29.2 Å². The van der Waals surface area contributed by atoms with E-state index in [0.29, 0.717) is 61.9 Å². The van der Waals surface area contributed by atoms with Gasteiger partial charge < -0.3 is 24.8 Å². The van der Waals surface area contributed by atoms with E-state index in [-0.39, 0.29) is 75.8 Å². The molecule has 5 aliphatic rings. The van der Waals surface area contributed by atoms with Crippen molar-refractivity contribution in [3.63, 3.8) is 0 Å². The Morgan fingerprint density at radius 2 is 1.83 bits per heavy atom. The van der Waals surface area contributed by atoms with Gasteiger partial charge in [0.05, 0.1) is 60.2 Å². The molecule has 1 aliphatic carbocycles. The summed E-state index contributed by atoms with van der Waals surface area (Å²) in [5.74, 6) is -1.14. The lowest BCUT2D eigenvalue weighted by molar-refractivity contribution is -0.121. The second-order valence-electron chi connectivity index (χ2n) is 17.7. The maximum absolute atomic E-state index is 15.7. The summed E-state index contributed by atoms with van der Waals surface area (Å²) in [6.45, 7) is 5.03. The number of carbonyl (C=O) groups is 1. The van der Waals surface area contributed by atoms with Gasteiger partial charge in [-0.2, -0.15) is 18.0 Å². The molecule has 1 amide bonds. The molecule has 5 heterocycles. The van der Waals surface area contributed by atoms with Crippen molar-refractivity contribution in [1.82, 2.24) is 24.1 Å². The van der Waals surface area contributed by atoms with Crippen LogP contribution < -0.4 is 25.7 Å². The highest BCUT2D eigenvalue weighted by atomic mass is 32.2. The van der Waals surface area contributed by atoms with Gasteiger partial charge in [-0.05, 0) is 104 Å². The van der Waals surface area contributed by atoms with Gasteiger partial charge in [0.25, 0.3) is 5.56 Å². The van der Waals surface area contributed by atoms with Crippen LogP contribution in [0.15, 0.2) is 59.7 Å². The van der Waals surface area contributed by atoms with Crippen molar-refractivity contribution >= 4 is 44.2 Å². The summed E-state index contributed by atoms with van der Waals surface area (Å²) < 4.78 is 79.7. The Morgan fingerprint density at radius 1 is 1.06 bits per heavy atom. The van der Waals surface area contributed by atoms with Crippen molar-refractivity contribution in [2.45, 2.75) is 81.5 Å². The van der Waals surface area contributed by atoms with Crippen molar-refractivity contribution in [1.29, 1.82) is 10.7 Å². The molecule has 4 atom stereocenters. The van der Waals surface area contributed by atoms with Gasteiger partial charge in [-0.3, -0.25) is 29.2 Å². The first-order valence-corrected chi connectivity index (χ1v) is 23.2. The molecule has 0 radical (unpaired) electrons. The maximum atomic E-state index is 15.7. The first-order chi connectivity index (χ1) is 30.7. The second kappa shape index (κ2) is 17.5. The third-order valence-corrected chi connectivity index (χ3v) is 15.4. The number of nitrogens with one attached hydrogen (secondary N) is 4. The number of piperidine rings is 2. The van der Waals surface area contributed by atoms with E-state index in [1.165, 1.54) is 31.6 Å². The van der Waals surface area contributed by atoms with Gasteiger partial charge in [-0.15, -0.1) is 0 Å². The van der Waals surface area contributed by atoms with E-state index in [1.54, 1.807) is 17.6 Å². The monoisotopic (exact) mass is 899 g/mol. The summed E-state index contributed by atoms with van der Waals surface area (Å²) >= 11 is 0. The topological polar surface area (TPSA) is 204 Å². The minimum Gasteiger partial charge on any atom is -0.453 e. The van der Waals surface area contributed by atoms with Crippen LogP contribution in [-0.2, 0) is 24.5 Å². The summed E-state index contributed by atoms with van der Waals surface area (Å²) in [6, 6.07) is 13.2. The van der Waals surface area contributed by atoms with Crippen LogP contribution in [0.25, 0.3) is 10.9 Å². The molecule has 9 rings (SSSR count). The number of aromatic nitrogens is 2. The molecule has 1 aromatic heterocycles. The van der Waals surface area contributed by atoms with E-state index >= 15 is 8.78 Å². The third-order valence-electron chi connectivity index (χ3n) is 13.9. The van der Waals surface area contributed by atoms with Crippen LogP contribution in [0.4, 0.5) is 20.2 Å². The molecule has 2 bridgehead atoms. The minimum atomic E-state index is -4.02. The zero-order valence-corrected chi connectivity index (χ0v) is 36.4. The van der Waals surface area contributed by atoms with E-state index in [0.717, 1.165) is 55.2 Å². The van der Waals surface area contributed by atoms with Crippen molar-refractivity contribution in [2.75, 3.05) is 56.5 Å². The first-order valence-electron chi connectivity index (χ1n) is 21.8. The molecule has 1 saturated carbocycles. The van der Waals surface area contributed by atoms with Gasteiger partial charge in [0, 0.05) is 44.8 Å². The Bertz CT molecular complexity index is 2690. The van der Waals surface area contributed by atoms with Crippen LogP contribution in [0.3, 0.4) is 0 Å². The SMILES string of the molecule is CCN(C)S(=O)(=O)Nc1ccc(F)c(Oc2ccc3ncn([C@H]4COC5(CCN(C6C7COCC6CC(c6ccc(NC8CCC(=N)NC8=O)cc6F)C7)CC5)C4)c(=O)c3c2)c1C#N. The third kappa shape index (κ3) is 8.44. The number of ether oxygens (including phenoxy) is 3. The number of nitrogens with zero attached hydrogens (tertiary/aromatic N) is 5. The highest BCUT2D eigenvalue weighted by Gasteiger charge is 2.49. The number of hydrogen-bond donors (Lipinski definition) is 4. The minimum absolute atomic E-state index is 0.0536. The number of halogens is 2. The lowest BCUT2D eigenvalue weighted by Crippen LogP contribution is -2.58. The molecule has 19 heteroatoms. The fourth-order valence-corrected chi connectivity index (χ4v) is 11.4. The molecule has 64 heavy (non-hydrogen) atoms. The fourth-order valence-electron chi connectivity index (χ4n) is 10.4. The van der Waals surface area contributed by atoms with E-state index < -0.39 is 33.4 Å². The van der Waals surface area contributed by atoms with Crippen molar-refractivity contribution in [3.05, 3.63) is 88.0 Å². The van der Waals surface area contributed by atoms with E-state index in [9.17, 15) is 23.3 Å². The number of rotatable bonds is 11. The molecule has 1 spiro atoms. The number of likely N-dealkylation sites (tertiary alicyclic amines) is 1. The molecule has 3 aromatic carbocycles. The smallest absolute Gasteiger partial charge is 0.301 e. The van der Waals surface area contributed by atoms with Gasteiger partial charge in [-0.1, -0.05) is 13.0 Å². The summed E-state index contributed by atoms with van der Waals surface area (Å²) in [4.78, 5) is 33.5. The molecular formula is C45H51F2N9O7S. The predicted molar refractivity (Wildman–Crippen MR) is 234 cm³/mol. The zero-order chi connectivity index (χ0) is 44.9. The van der Waals surface area contributed by atoms with Gasteiger partial charge >= 0.3 is 10.2 Å². The van der Waals surface area contributed by atoms with Crippen molar-refractivity contribution in [2.24, 2.45) is 11.8 Å². The van der Waals surface area contributed by atoms with Crippen LogP contribution in [0.2, 0.25) is 0 Å². The van der Waals surface area contributed by atoms with Crippen LogP contribution in [0.5, 0.6) is 11.5 Å². The zero-order valence-electron chi connectivity index (χ0n) is 35.6. The summed E-state index contributed by atoms with van der Waals surface area (Å²) in [5, 5.41) is 23.5. The Hall–Kier alpha value is -5.52. The van der Waals surface area contributed by atoms with Crippen molar-refractivity contribution in [3.8, 4) is 17.6 Å². The Kier molecular flexibility index (Phi) is 11.9. The number of fused-ring (bicyclic) bond motifs is 3. The molecular weight excluding hydrogens is 849 g/mol. The van der Waals surface area contributed by atoms with E-state index in [4.69, 9.17) is 19.6 Å². The summed E-state index contributed by atoms with van der Waals surface area (Å²) in [5.41, 5.74) is 0.387. The summed E-state index contributed by atoms with van der Waals surface area (Å²) in [7, 11) is -2.66. The molecule has 338 valence electrons. The molecule has 16 nitrogen and oxygen atoms in total. The number of anilines is 2. The van der Waals surface area contributed by atoms with Crippen LogP contribution in [-0.4, -0.2) is 103 Å². The summed E-state index contributed by atoms with van der Waals surface area (Å²) in [6.07, 6.45) is 6.29. The van der Waals surface area contributed by atoms with Crippen molar-refractivity contribution < 1.29 is 36.2 Å². The largest absolute Gasteiger partial charge is 0.453 e. The predicted octanol–water partition coefficient (Wildman–Crippen LogP) is 5.62. The highest BCUT2D eigenvalue weighted by Crippen LogP contribution is 2.48. The highest BCUT2D eigenvalue weighted by molar-refractivity contribution is 7.90. The first kappa shape index (κ1) is 43.7. The standard InChI is InChI=1S/C45H51F2N9O7S/c1-3-54(2)64(59,60)53-38-9-7-35(46)42(34(38)21-48)63-31-5-8-37-33(19-31)44(58)56(25-50-37)30-20-45(62-24-30)12-14-55(15-13-45)41-27-16-26(17-28(41)23-61-22-27)32-6-4-29(18-36(32)47)51-39-10-11-40(49)52-43(39)57/h4-9,18-19,25-28,30,39,41,51,53H,3,10-17,20,22-24H2,1-2H3,(H2,49,52,57)/t26?,27?,28?,30-,39?,41?/m1/s1. The number of carbonyl (C=O) groups excluding carboxylic acids is 1. The normalized spacial score (nSPS) is 25.9. The van der Waals surface area contributed by atoms with Gasteiger partial charge in [-0.25, -0.2) is 13.8 Å².